The van der Waals surface area contributed by atoms with Crippen molar-refractivity contribution >= 4 is 27.5 Å². The Morgan fingerprint density at radius 2 is 2.33 bits per heavy atom. The van der Waals surface area contributed by atoms with E-state index in [0.717, 1.165) is 0 Å². The predicted molar refractivity (Wildman–Crippen MR) is 48.6 cm³/mol. The second kappa shape index (κ2) is 3.49. The molecule has 0 spiro atoms. The lowest BCUT2D eigenvalue weighted by Crippen LogP contribution is -1.99. The Morgan fingerprint density at radius 3 is 2.83 bits per heavy atom. The van der Waals surface area contributed by atoms with Gasteiger partial charge in [0.25, 0.3) is 0 Å². The van der Waals surface area contributed by atoms with Crippen molar-refractivity contribution in [2.75, 3.05) is 0 Å². The number of hydrogen-bond donors (Lipinski definition) is 1. The molecule has 0 aromatic carbocycles. The molecule has 0 saturated heterocycles. The van der Waals surface area contributed by atoms with Crippen LogP contribution in [0, 0.1) is 0 Å². The van der Waals surface area contributed by atoms with Gasteiger partial charge in [0.1, 0.15) is 4.60 Å². The van der Waals surface area contributed by atoms with Crippen LogP contribution in [-0.2, 0) is 4.79 Å². The van der Waals surface area contributed by atoms with Crippen LogP contribution in [0.4, 0.5) is 0 Å². The van der Waals surface area contributed by atoms with Crippen molar-refractivity contribution < 1.29 is 9.90 Å². The number of carbonyl (C=O) groups is 1. The van der Waals surface area contributed by atoms with Gasteiger partial charge in [0, 0.05) is 11.8 Å². The summed E-state index contributed by atoms with van der Waals surface area (Å²) in [5.74, 6) is -1.04. The molecule has 0 atom stereocenters. The Balaban J connectivity index is 3.11. The number of rotatable bonds is 2. The van der Waals surface area contributed by atoms with Gasteiger partial charge in [-0.1, -0.05) is 6.58 Å². The van der Waals surface area contributed by atoms with Crippen LogP contribution in [0.5, 0.6) is 0 Å². The van der Waals surface area contributed by atoms with Gasteiger partial charge in [-0.3, -0.25) is 0 Å². The summed E-state index contributed by atoms with van der Waals surface area (Å²) in [7, 11) is 0. The van der Waals surface area contributed by atoms with Gasteiger partial charge in [-0.2, -0.15) is 0 Å². The molecule has 12 heavy (non-hydrogen) atoms. The summed E-state index contributed by atoms with van der Waals surface area (Å²) in [4.78, 5) is 14.4. The zero-order chi connectivity index (χ0) is 9.14. The predicted octanol–water partition coefficient (Wildman–Crippen LogP) is 1.94. The molecule has 0 unspecified atom stereocenters. The number of carboxylic acids is 1. The van der Waals surface area contributed by atoms with Crippen LogP contribution in [0.2, 0.25) is 0 Å². The number of nitrogens with zero attached hydrogens (tertiary/aromatic N) is 1. The number of halogens is 1. The first-order valence-corrected chi connectivity index (χ1v) is 3.95. The lowest BCUT2D eigenvalue weighted by Gasteiger charge is -2.00. The van der Waals surface area contributed by atoms with E-state index in [0.29, 0.717) is 10.2 Å². The van der Waals surface area contributed by atoms with E-state index < -0.39 is 5.97 Å². The fraction of sp³-hybridized carbons (Fsp3) is 0. The van der Waals surface area contributed by atoms with Crippen molar-refractivity contribution in [3.63, 3.8) is 0 Å². The smallest absolute Gasteiger partial charge is 0.335 e. The van der Waals surface area contributed by atoms with E-state index in [9.17, 15) is 4.79 Å². The lowest BCUT2D eigenvalue weighted by molar-refractivity contribution is -0.130. The Labute approximate surface area is 77.9 Å². The van der Waals surface area contributed by atoms with Gasteiger partial charge in [0.15, 0.2) is 0 Å². The molecule has 0 bridgehead atoms. The summed E-state index contributed by atoms with van der Waals surface area (Å²) >= 11 is 3.13. The molecular weight excluding hydrogens is 222 g/mol. The maximum Gasteiger partial charge on any atom is 0.335 e. The molecule has 0 aliphatic carbocycles. The van der Waals surface area contributed by atoms with Crippen molar-refractivity contribution in [1.29, 1.82) is 0 Å². The molecule has 0 saturated carbocycles. The number of aromatic nitrogens is 1. The van der Waals surface area contributed by atoms with Gasteiger partial charge in [0.05, 0.1) is 5.57 Å². The summed E-state index contributed by atoms with van der Waals surface area (Å²) in [6.07, 6.45) is 1.57. The molecule has 1 aromatic rings. The molecular formula is C8H6BrNO2. The maximum atomic E-state index is 10.5. The quantitative estimate of drug-likeness (QED) is 0.621. The average Bonchev–Trinajstić information content (AvgIpc) is 2.04. The topological polar surface area (TPSA) is 50.2 Å². The first-order chi connectivity index (χ1) is 5.63. The Bertz CT molecular complexity index is 336. The SMILES string of the molecule is C=C(C(=O)O)c1cccnc1Br. The van der Waals surface area contributed by atoms with E-state index in [4.69, 9.17) is 5.11 Å². The normalized spacial score (nSPS) is 9.42. The number of carboxylic acid groups (broad SMARTS) is 1. The highest BCUT2D eigenvalue weighted by Crippen LogP contribution is 2.20. The van der Waals surface area contributed by atoms with Crippen molar-refractivity contribution in [3.05, 3.63) is 35.1 Å². The van der Waals surface area contributed by atoms with Crippen molar-refractivity contribution in [3.8, 4) is 0 Å². The highest BCUT2D eigenvalue weighted by molar-refractivity contribution is 9.10. The zero-order valence-corrected chi connectivity index (χ0v) is 7.71. The van der Waals surface area contributed by atoms with E-state index in [-0.39, 0.29) is 5.57 Å². The minimum atomic E-state index is -1.04. The van der Waals surface area contributed by atoms with E-state index in [2.05, 4.69) is 27.5 Å². The molecule has 1 aromatic heterocycles. The molecule has 1 heterocycles. The van der Waals surface area contributed by atoms with Crippen LogP contribution < -0.4 is 0 Å². The number of hydrogen-bond acceptors (Lipinski definition) is 2. The fourth-order valence-electron chi connectivity index (χ4n) is 0.726. The molecule has 0 radical (unpaired) electrons. The van der Waals surface area contributed by atoms with Crippen LogP contribution in [0.25, 0.3) is 5.57 Å². The summed E-state index contributed by atoms with van der Waals surface area (Å²) in [6, 6.07) is 3.31. The molecule has 4 heteroatoms. The van der Waals surface area contributed by atoms with Gasteiger partial charge in [-0.05, 0) is 28.1 Å². The first-order valence-electron chi connectivity index (χ1n) is 3.16. The molecule has 1 rings (SSSR count). The highest BCUT2D eigenvalue weighted by atomic mass is 79.9. The number of aliphatic carboxylic acids is 1. The molecule has 1 N–H and O–H groups in total. The largest absolute Gasteiger partial charge is 0.478 e. The third kappa shape index (κ3) is 1.71. The third-order valence-electron chi connectivity index (χ3n) is 1.34. The Morgan fingerprint density at radius 1 is 1.67 bits per heavy atom. The summed E-state index contributed by atoms with van der Waals surface area (Å²) in [5.41, 5.74) is 0.542. The summed E-state index contributed by atoms with van der Waals surface area (Å²) < 4.78 is 0.498. The maximum absolute atomic E-state index is 10.5. The average molecular weight is 228 g/mol. The van der Waals surface area contributed by atoms with Gasteiger partial charge in [0.2, 0.25) is 0 Å². The molecule has 62 valence electrons. The molecule has 0 aliphatic rings. The zero-order valence-electron chi connectivity index (χ0n) is 6.12. The fourth-order valence-corrected chi connectivity index (χ4v) is 1.22. The molecule has 0 aliphatic heterocycles. The minimum Gasteiger partial charge on any atom is -0.478 e. The van der Waals surface area contributed by atoms with Gasteiger partial charge < -0.3 is 5.11 Å². The minimum absolute atomic E-state index is 0.0370. The second-order valence-electron chi connectivity index (χ2n) is 2.13. The Hall–Kier alpha value is -1.16. The first kappa shape index (κ1) is 8.93. The summed E-state index contributed by atoms with van der Waals surface area (Å²) in [5, 5.41) is 8.61. The van der Waals surface area contributed by atoms with Gasteiger partial charge in [-0.15, -0.1) is 0 Å². The van der Waals surface area contributed by atoms with Crippen LogP contribution in [0.15, 0.2) is 29.5 Å². The van der Waals surface area contributed by atoms with E-state index in [1.165, 1.54) is 0 Å². The van der Waals surface area contributed by atoms with Crippen molar-refractivity contribution in [1.82, 2.24) is 4.98 Å². The van der Waals surface area contributed by atoms with E-state index >= 15 is 0 Å². The molecule has 0 amide bonds. The van der Waals surface area contributed by atoms with Crippen molar-refractivity contribution in [2.24, 2.45) is 0 Å². The van der Waals surface area contributed by atoms with E-state index in [1.807, 2.05) is 0 Å². The van der Waals surface area contributed by atoms with Crippen LogP contribution >= 0.6 is 15.9 Å². The van der Waals surface area contributed by atoms with Crippen LogP contribution in [0.3, 0.4) is 0 Å². The second-order valence-corrected chi connectivity index (χ2v) is 2.88. The third-order valence-corrected chi connectivity index (χ3v) is 1.97. The van der Waals surface area contributed by atoms with Crippen LogP contribution in [0.1, 0.15) is 5.56 Å². The number of pyridine rings is 1. The molecule has 0 fully saturated rings. The standard InChI is InChI=1S/C8H6BrNO2/c1-5(8(11)12)6-3-2-4-10-7(6)9/h2-4H,1H2,(H,11,12). The highest BCUT2D eigenvalue weighted by Gasteiger charge is 2.10. The lowest BCUT2D eigenvalue weighted by atomic mass is 10.1. The van der Waals surface area contributed by atoms with Crippen molar-refractivity contribution in [2.45, 2.75) is 0 Å². The Kier molecular flexibility index (Phi) is 2.60. The monoisotopic (exact) mass is 227 g/mol. The van der Waals surface area contributed by atoms with Gasteiger partial charge in [-0.25, -0.2) is 9.78 Å². The van der Waals surface area contributed by atoms with E-state index in [1.54, 1.807) is 18.3 Å². The van der Waals surface area contributed by atoms with Gasteiger partial charge >= 0.3 is 5.97 Å². The summed E-state index contributed by atoms with van der Waals surface area (Å²) in [6.45, 7) is 3.42. The molecule has 3 nitrogen and oxygen atoms in total. The van der Waals surface area contributed by atoms with Crippen LogP contribution in [-0.4, -0.2) is 16.1 Å².